The molecule has 0 saturated heterocycles. The maximum Gasteiger partial charge on any atom is -0.0240 e. The van der Waals surface area contributed by atoms with Crippen molar-refractivity contribution in [2.45, 2.75) is 78.0 Å². The van der Waals surface area contributed by atoms with Crippen LogP contribution in [0.15, 0.2) is 30.3 Å². The molecule has 1 aromatic rings. The van der Waals surface area contributed by atoms with Gasteiger partial charge in [0, 0.05) is 0 Å². The van der Waals surface area contributed by atoms with Gasteiger partial charge in [0.05, 0.1) is 0 Å². The molecule has 3 heteroatoms. The Morgan fingerprint density at radius 3 is 1.24 bits per heavy atom. The number of hydrogen-bond acceptors (Lipinski definition) is 0. The molecule has 0 heterocycles. The van der Waals surface area contributed by atoms with Gasteiger partial charge in [0.25, 0.3) is 0 Å². The quantitative estimate of drug-likeness (QED) is 0.341. The minimum atomic E-state index is 0.0125. The highest BCUT2D eigenvalue weighted by Crippen LogP contribution is 2.52. The zero-order chi connectivity index (χ0) is 19.0. The van der Waals surface area contributed by atoms with Crippen LogP contribution in [-0.4, -0.2) is 47.3 Å². The molecule has 0 spiro atoms. The monoisotopic (exact) mass is 398 g/mol. The van der Waals surface area contributed by atoms with Crippen LogP contribution in [0.3, 0.4) is 0 Å². The van der Waals surface area contributed by atoms with Crippen LogP contribution in [0.25, 0.3) is 0 Å². The van der Waals surface area contributed by atoms with Crippen LogP contribution in [-0.2, 0) is 0 Å². The van der Waals surface area contributed by atoms with Gasteiger partial charge in [-0.1, -0.05) is 93.6 Å². The fraction of sp³-hybridized carbons (Fsp3) is 0.727. The Bertz CT molecular complexity index is 414. The van der Waals surface area contributed by atoms with E-state index in [0.717, 1.165) is 22.6 Å². The Kier molecular flexibility index (Phi) is 11.4. The molecule has 0 aliphatic carbocycles. The van der Waals surface area contributed by atoms with Crippen molar-refractivity contribution in [2.24, 2.45) is 0 Å². The zero-order valence-corrected chi connectivity index (χ0v) is 20.5. The predicted octanol–water partition coefficient (Wildman–Crippen LogP) is 7.39. The Balaban J connectivity index is 2.80. The maximum atomic E-state index is 2.44. The summed E-state index contributed by atoms with van der Waals surface area (Å²) >= 11 is 0. The normalized spacial score (nSPS) is 12.8. The lowest BCUT2D eigenvalue weighted by atomic mass is 10.4. The SMILES string of the molecule is CC(C)P(CCP(CCP(C(C)C)C(C)C)c1ccccc1)C(C)C. The number of benzene rings is 1. The first-order chi connectivity index (χ1) is 11.7. The van der Waals surface area contributed by atoms with Gasteiger partial charge in [-0.25, -0.2) is 0 Å². The van der Waals surface area contributed by atoms with E-state index < -0.39 is 0 Å². The van der Waals surface area contributed by atoms with Crippen molar-refractivity contribution in [3.05, 3.63) is 30.3 Å². The van der Waals surface area contributed by atoms with E-state index in [1.165, 1.54) is 24.6 Å². The molecule has 25 heavy (non-hydrogen) atoms. The van der Waals surface area contributed by atoms with Crippen LogP contribution in [0.5, 0.6) is 0 Å². The van der Waals surface area contributed by atoms with Crippen LogP contribution in [0.2, 0.25) is 0 Å². The molecule has 0 amide bonds. The Morgan fingerprint density at radius 2 is 0.920 bits per heavy atom. The summed E-state index contributed by atoms with van der Waals surface area (Å²) in [7, 11) is 0.351. The summed E-state index contributed by atoms with van der Waals surface area (Å²) in [6.45, 7) is 19.5. The molecule has 1 rings (SSSR count). The van der Waals surface area contributed by atoms with Crippen LogP contribution in [0, 0.1) is 0 Å². The van der Waals surface area contributed by atoms with Gasteiger partial charge in [-0.3, -0.25) is 0 Å². The predicted molar refractivity (Wildman–Crippen MR) is 127 cm³/mol. The van der Waals surface area contributed by atoms with Gasteiger partial charge in [0.15, 0.2) is 0 Å². The minimum absolute atomic E-state index is 0.0125. The second kappa shape index (κ2) is 12.1. The van der Waals surface area contributed by atoms with E-state index in [1.54, 1.807) is 5.30 Å². The summed E-state index contributed by atoms with van der Waals surface area (Å²) in [5, 5.41) is 1.64. The van der Waals surface area contributed by atoms with Crippen LogP contribution >= 0.6 is 23.8 Å². The van der Waals surface area contributed by atoms with Gasteiger partial charge >= 0.3 is 0 Å². The average Bonchev–Trinajstić information content (AvgIpc) is 2.52. The second-order valence-corrected chi connectivity index (χ2v) is 17.7. The number of rotatable bonds is 11. The summed E-state index contributed by atoms with van der Waals surface area (Å²) < 4.78 is 0. The molecule has 0 nitrogen and oxygen atoms in total. The summed E-state index contributed by atoms with van der Waals surface area (Å²) in [4.78, 5) is 0. The van der Waals surface area contributed by atoms with Crippen molar-refractivity contribution in [3.63, 3.8) is 0 Å². The summed E-state index contributed by atoms with van der Waals surface area (Å²) in [5.41, 5.74) is 3.47. The van der Waals surface area contributed by atoms with Crippen molar-refractivity contribution in [3.8, 4) is 0 Å². The molecule has 0 aliphatic rings. The van der Waals surface area contributed by atoms with Crippen LogP contribution < -0.4 is 5.30 Å². The third kappa shape index (κ3) is 8.37. The van der Waals surface area contributed by atoms with Gasteiger partial charge in [0.1, 0.15) is 0 Å². The standard InChI is InChI=1S/C22H41P3/c1-18(2)24(19(3)4)16-14-23(22-12-10-9-11-13-22)15-17-25(20(5)6)21(7)8/h9-13,18-21H,14-17H2,1-8H3. The third-order valence-electron chi connectivity index (χ3n) is 5.03. The molecule has 0 bridgehead atoms. The Labute approximate surface area is 162 Å². The highest BCUT2D eigenvalue weighted by atomic mass is 31.1. The van der Waals surface area contributed by atoms with E-state index in [1.807, 2.05) is 0 Å². The van der Waals surface area contributed by atoms with Crippen molar-refractivity contribution >= 4 is 29.1 Å². The van der Waals surface area contributed by atoms with Crippen molar-refractivity contribution in [2.75, 3.05) is 24.6 Å². The highest BCUT2D eigenvalue weighted by molar-refractivity contribution is 7.68. The van der Waals surface area contributed by atoms with Crippen molar-refractivity contribution in [1.29, 1.82) is 0 Å². The molecule has 1 aromatic carbocycles. The number of hydrogen-bond donors (Lipinski definition) is 0. The molecule has 0 N–H and O–H groups in total. The van der Waals surface area contributed by atoms with Gasteiger partial charge < -0.3 is 0 Å². The lowest BCUT2D eigenvalue weighted by molar-refractivity contribution is 1.000. The summed E-state index contributed by atoms with van der Waals surface area (Å²) in [6, 6.07) is 11.4. The Hall–Kier alpha value is 0.510. The zero-order valence-electron chi connectivity index (χ0n) is 17.9. The molecule has 144 valence electrons. The van der Waals surface area contributed by atoms with Crippen LogP contribution in [0.4, 0.5) is 0 Å². The Morgan fingerprint density at radius 1 is 0.560 bits per heavy atom. The second-order valence-electron chi connectivity index (χ2n) is 8.17. The largest absolute Gasteiger partial charge is 0.101 e. The molecule has 0 aliphatic heterocycles. The molecule has 0 fully saturated rings. The molecule has 0 unspecified atom stereocenters. The first-order valence-electron chi connectivity index (χ1n) is 10.1. The lowest BCUT2D eigenvalue weighted by Crippen LogP contribution is -2.15. The fourth-order valence-corrected chi connectivity index (χ4v) is 13.3. The van der Waals surface area contributed by atoms with Gasteiger partial charge in [-0.15, -0.1) is 15.8 Å². The van der Waals surface area contributed by atoms with Crippen LogP contribution in [0.1, 0.15) is 55.4 Å². The molecular formula is C22H41P3. The van der Waals surface area contributed by atoms with Gasteiger partial charge in [0.2, 0.25) is 0 Å². The maximum absolute atomic E-state index is 2.44. The molecular weight excluding hydrogens is 357 g/mol. The summed E-state index contributed by atoms with van der Waals surface area (Å²) in [5.74, 6) is 0. The highest BCUT2D eigenvalue weighted by Gasteiger charge is 2.22. The fourth-order valence-electron chi connectivity index (χ4n) is 3.71. The van der Waals surface area contributed by atoms with Crippen molar-refractivity contribution in [1.82, 2.24) is 0 Å². The molecule has 0 radical (unpaired) electrons. The molecule has 0 aromatic heterocycles. The summed E-state index contributed by atoms with van der Waals surface area (Å²) in [6.07, 6.45) is 5.82. The van der Waals surface area contributed by atoms with E-state index in [2.05, 4.69) is 85.7 Å². The van der Waals surface area contributed by atoms with E-state index in [0.29, 0.717) is 0 Å². The van der Waals surface area contributed by atoms with E-state index >= 15 is 0 Å². The lowest BCUT2D eigenvalue weighted by Gasteiger charge is -2.31. The molecule has 0 atom stereocenters. The first kappa shape index (κ1) is 23.5. The van der Waals surface area contributed by atoms with Gasteiger partial charge in [-0.2, -0.15) is 0 Å². The topological polar surface area (TPSA) is 0 Å². The van der Waals surface area contributed by atoms with E-state index in [-0.39, 0.29) is 23.8 Å². The molecule has 0 saturated carbocycles. The van der Waals surface area contributed by atoms with Gasteiger partial charge in [-0.05, 0) is 52.6 Å². The smallest absolute Gasteiger partial charge is 0.0240 e. The van der Waals surface area contributed by atoms with Crippen molar-refractivity contribution < 1.29 is 0 Å². The van der Waals surface area contributed by atoms with E-state index in [4.69, 9.17) is 0 Å². The third-order valence-corrected chi connectivity index (χ3v) is 15.1. The average molecular weight is 398 g/mol. The minimum Gasteiger partial charge on any atom is -0.101 e. The van der Waals surface area contributed by atoms with E-state index in [9.17, 15) is 0 Å². The first-order valence-corrected chi connectivity index (χ1v) is 15.1.